The molecule has 4 aromatic carbocycles. The molecule has 3 nitrogen and oxygen atoms in total. The van der Waals surface area contributed by atoms with Crippen molar-refractivity contribution in [3.05, 3.63) is 92.0 Å². The first kappa shape index (κ1) is 45.2. The summed E-state index contributed by atoms with van der Waals surface area (Å²) in [5.74, 6) is 0. The Bertz CT molecular complexity index is 1540. The van der Waals surface area contributed by atoms with Gasteiger partial charge in [0.25, 0.3) is 0 Å². The maximum Gasteiger partial charge on any atom is 4.00 e. The predicted octanol–water partition coefficient (Wildman–Crippen LogP) is -2.93. The van der Waals surface area contributed by atoms with Crippen LogP contribution in [0.4, 0.5) is 17.1 Å². The third kappa shape index (κ3) is 7.54. The second-order valence-corrected chi connectivity index (χ2v) is 17.3. The van der Waals surface area contributed by atoms with E-state index in [0.717, 1.165) is 0 Å². The summed E-state index contributed by atoms with van der Waals surface area (Å²) in [7, 11) is 10.1. The summed E-state index contributed by atoms with van der Waals surface area (Å²) in [6.07, 6.45) is 0. The van der Waals surface area contributed by atoms with Crippen LogP contribution in [-0.2, 0) is 21.7 Å². The number of hydrogen-bond acceptors (Lipinski definition) is 3. The summed E-state index contributed by atoms with van der Waals surface area (Å²) < 4.78 is 0. The van der Waals surface area contributed by atoms with Crippen molar-refractivity contribution in [2.45, 2.75) is 69.2 Å². The first-order valence-electron chi connectivity index (χ1n) is 15.6. The van der Waals surface area contributed by atoms with Crippen LogP contribution < -0.4 is 72.7 Å². The number of rotatable bonds is 7. The number of nitrogens with zero attached hydrogens (tertiary/aromatic N) is 3. The molecule has 0 heterocycles. The maximum atomic E-state index is 2.55. The van der Waals surface area contributed by atoms with Gasteiger partial charge in [-0.1, -0.05) is 45.9 Å². The average Bonchev–Trinajstić information content (AvgIpc) is 3.11. The van der Waals surface area contributed by atoms with Gasteiger partial charge in [-0.2, -0.15) is 27.4 Å². The molecule has 0 N–H and O–H groups in total. The molecule has 4 aromatic rings. The minimum atomic E-state index is -2.86. The zero-order valence-corrected chi connectivity index (χ0v) is 36.3. The van der Waals surface area contributed by atoms with Gasteiger partial charge in [-0.3, -0.25) is 0 Å². The van der Waals surface area contributed by atoms with Gasteiger partial charge in [0.2, 0.25) is 0 Å². The molecule has 0 atom stereocenters. The summed E-state index contributed by atoms with van der Waals surface area (Å²) in [6, 6.07) is 15.0. The van der Waals surface area contributed by atoms with Crippen LogP contribution in [-0.4, -0.2) is 50.4 Å². The van der Waals surface area contributed by atoms with Crippen LogP contribution in [0.15, 0.2) is 36.4 Å². The van der Waals surface area contributed by atoms with E-state index in [-0.39, 0.29) is 58.9 Å². The van der Waals surface area contributed by atoms with Gasteiger partial charge >= 0.3 is 21.7 Å². The van der Waals surface area contributed by atoms with Crippen LogP contribution in [0, 0.1) is 69.2 Å². The average molecular weight is 747 g/mol. The second kappa shape index (κ2) is 16.7. The quantitative estimate of drug-likeness (QED) is 0.114. The Hall–Kier alpha value is -1.79. The van der Waals surface area contributed by atoms with Gasteiger partial charge in [0.15, 0.2) is 8.07 Å². The molecule has 0 aromatic heterocycles. The van der Waals surface area contributed by atoms with Crippen molar-refractivity contribution in [3.63, 3.8) is 0 Å². The van der Waals surface area contributed by atoms with E-state index < -0.39 is 8.07 Å². The molecule has 0 saturated carbocycles. The number of halogens is 3. The number of benzene rings is 3. The molecule has 4 rings (SSSR count). The van der Waals surface area contributed by atoms with Crippen LogP contribution in [0.3, 0.4) is 0 Å². The molecule has 0 aliphatic heterocycles. The minimum absolute atomic E-state index is 0. The Morgan fingerprint density at radius 3 is 0.936 bits per heavy atom. The molecule has 0 spiro atoms. The number of anilines is 3. The summed E-state index contributed by atoms with van der Waals surface area (Å²) in [6.45, 7) is 23.3. The van der Waals surface area contributed by atoms with Crippen molar-refractivity contribution in [2.24, 2.45) is 0 Å². The molecule has 0 radical (unpaired) electrons. The van der Waals surface area contributed by atoms with Gasteiger partial charge in [-0.25, -0.2) is 0 Å². The van der Waals surface area contributed by atoms with E-state index in [1.54, 1.807) is 5.19 Å². The molecular formula is C39H54Cl3N3SiTi. The van der Waals surface area contributed by atoms with Gasteiger partial charge in [-0.15, -0.1) is 0 Å². The van der Waals surface area contributed by atoms with Gasteiger partial charge in [-0.05, 0) is 109 Å². The maximum absolute atomic E-state index is 2.86. The molecule has 47 heavy (non-hydrogen) atoms. The van der Waals surface area contributed by atoms with Crippen LogP contribution in [0.5, 0.6) is 0 Å². The van der Waals surface area contributed by atoms with Crippen LogP contribution in [0.1, 0.15) is 55.6 Å². The molecule has 254 valence electrons. The van der Waals surface area contributed by atoms with E-state index in [1.165, 1.54) is 88.3 Å². The molecule has 0 saturated heterocycles. The second-order valence-electron chi connectivity index (χ2n) is 13.7. The number of aryl methyl sites for hydroxylation is 6. The molecule has 0 bridgehead atoms. The first-order valence-corrected chi connectivity index (χ1v) is 17.6. The molecular weight excluding hydrogens is 693 g/mol. The summed E-state index contributed by atoms with van der Waals surface area (Å²) in [4.78, 5) is 6.77. The van der Waals surface area contributed by atoms with Crippen molar-refractivity contribution in [2.75, 3.05) is 57.0 Å². The molecule has 0 fully saturated rings. The third-order valence-electron chi connectivity index (χ3n) is 10.1. The van der Waals surface area contributed by atoms with E-state index in [9.17, 15) is 0 Å². The van der Waals surface area contributed by atoms with Crippen molar-refractivity contribution in [1.82, 2.24) is 0 Å². The summed E-state index contributed by atoms with van der Waals surface area (Å²) >= 11 is 0. The summed E-state index contributed by atoms with van der Waals surface area (Å²) in [5, 5.41) is 6.09. The summed E-state index contributed by atoms with van der Waals surface area (Å²) in [5.41, 5.74) is 17.8. The zero-order chi connectivity index (χ0) is 32.3. The Balaban J connectivity index is 0.00000529. The van der Waals surface area contributed by atoms with Gasteiger partial charge < -0.3 is 51.9 Å². The SMILES string of the molecule is Cc1cc([Si](c2cc(C)c(N(C)C)cc2C)(c2cc(C)c(N(C)C)cc2C)c2c(C)c(C)c(C)[c-]2C)c(C)cc1N(C)C.[Cl-].[Cl-].[Cl-].[Ti+4]. The minimum Gasteiger partial charge on any atom is -1.00 e. The van der Waals surface area contributed by atoms with Crippen molar-refractivity contribution < 1.29 is 58.9 Å². The third-order valence-corrected chi connectivity index (χ3v) is 15.6. The Morgan fingerprint density at radius 2 is 0.723 bits per heavy atom. The Morgan fingerprint density at radius 1 is 0.447 bits per heavy atom. The predicted molar refractivity (Wildman–Crippen MR) is 196 cm³/mol. The fourth-order valence-corrected chi connectivity index (χ4v) is 14.1. The smallest absolute Gasteiger partial charge is 1.00 e. The topological polar surface area (TPSA) is 9.72 Å². The first-order chi connectivity index (χ1) is 20.0. The van der Waals surface area contributed by atoms with Gasteiger partial charge in [0.1, 0.15) is 0 Å². The molecule has 0 amide bonds. The molecule has 0 unspecified atom stereocenters. The fourth-order valence-electron chi connectivity index (χ4n) is 7.68. The van der Waals surface area contributed by atoms with Crippen LogP contribution in [0.25, 0.3) is 0 Å². The van der Waals surface area contributed by atoms with E-state index in [1.807, 2.05) is 0 Å². The monoisotopic (exact) mass is 745 g/mol. The number of hydrogen-bond donors (Lipinski definition) is 0. The Labute approximate surface area is 321 Å². The fraction of sp³-hybridized carbons (Fsp3) is 0.410. The normalized spacial score (nSPS) is 10.7. The van der Waals surface area contributed by atoms with Crippen molar-refractivity contribution in [1.29, 1.82) is 0 Å². The largest absolute Gasteiger partial charge is 4.00 e. The van der Waals surface area contributed by atoms with E-state index in [0.29, 0.717) is 0 Å². The molecule has 0 aliphatic rings. The van der Waals surface area contributed by atoms with Gasteiger partial charge in [0.05, 0.1) is 0 Å². The van der Waals surface area contributed by atoms with E-state index >= 15 is 0 Å². The van der Waals surface area contributed by atoms with E-state index in [4.69, 9.17) is 0 Å². The Kier molecular flexibility index (Phi) is 16.1. The molecule has 0 aliphatic carbocycles. The van der Waals surface area contributed by atoms with Crippen LogP contribution in [0.2, 0.25) is 0 Å². The van der Waals surface area contributed by atoms with Crippen molar-refractivity contribution in [3.8, 4) is 0 Å². The van der Waals surface area contributed by atoms with Crippen molar-refractivity contribution >= 4 is 45.9 Å². The van der Waals surface area contributed by atoms with Gasteiger partial charge in [0, 0.05) is 59.3 Å². The zero-order valence-electron chi connectivity index (χ0n) is 31.4. The standard InChI is InChI=1S/C39H54N3Si.3ClH.Ti/c1-23-20-36(26(4)17-33(23)40(11)12)43(39-31(9)29(7)30(8)32(39)10,37-21-24(2)34(41(13)14)18-27(37)5)38-22-25(3)35(42(15)16)19-28(38)6;;;;/h17-22H,1-16H3;3*1H;/q-1;;;;+4/p-3. The van der Waals surface area contributed by atoms with Crippen LogP contribution >= 0.6 is 0 Å². The van der Waals surface area contributed by atoms with E-state index in [2.05, 4.69) is 163 Å². The molecule has 8 heteroatoms.